The Balaban J connectivity index is 0.000000450. The van der Waals surface area contributed by atoms with E-state index in [1.807, 2.05) is 12.1 Å². The molecule has 0 radical (unpaired) electrons. The van der Waals surface area contributed by atoms with Crippen LogP contribution in [0.1, 0.15) is 12.5 Å². The van der Waals surface area contributed by atoms with Crippen LogP contribution in [0.3, 0.4) is 0 Å². The second-order valence-corrected chi connectivity index (χ2v) is 8.49. The lowest BCUT2D eigenvalue weighted by molar-refractivity contribution is -0.159. The third-order valence-corrected chi connectivity index (χ3v) is 5.94. The second-order valence-electron chi connectivity index (χ2n) is 5.32. The molecule has 8 nitrogen and oxygen atoms in total. The minimum Gasteiger partial charge on any atom is -0.473 e. The van der Waals surface area contributed by atoms with Crippen LogP contribution in [0.25, 0.3) is 0 Å². The van der Waals surface area contributed by atoms with Crippen LogP contribution in [0.4, 0.5) is 0 Å². The molecule has 0 amide bonds. The first-order valence-electron chi connectivity index (χ1n) is 7.56. The van der Waals surface area contributed by atoms with Gasteiger partial charge in [0.05, 0.1) is 5.75 Å². The van der Waals surface area contributed by atoms with Gasteiger partial charge in [-0.1, -0.05) is 28.1 Å². The standard InChI is InChI=1S/C13H19BrN2O2S.C2H2O4/c1-2-19(17,18)16-8-6-15(7-9-16)11-12-4-3-5-13(14)10-12;3-1(4)2(5)6/h3-5,10H,2,6-9,11H2,1H3;(H,3,4)(H,5,6). The summed E-state index contributed by atoms with van der Waals surface area (Å²) in [6.07, 6.45) is 0. The fourth-order valence-corrected chi connectivity index (χ4v) is 3.77. The number of hydrogen-bond acceptors (Lipinski definition) is 5. The summed E-state index contributed by atoms with van der Waals surface area (Å²) >= 11 is 3.47. The average molecular weight is 437 g/mol. The molecule has 1 heterocycles. The first-order valence-corrected chi connectivity index (χ1v) is 9.96. The molecule has 140 valence electrons. The summed E-state index contributed by atoms with van der Waals surface area (Å²) in [5, 5.41) is 14.8. The molecule has 2 rings (SSSR count). The van der Waals surface area contributed by atoms with Crippen molar-refractivity contribution in [3.05, 3.63) is 34.3 Å². The summed E-state index contributed by atoms with van der Waals surface area (Å²) in [6, 6.07) is 8.24. The largest absolute Gasteiger partial charge is 0.473 e. The number of piperazine rings is 1. The number of hydrogen-bond donors (Lipinski definition) is 2. The lowest BCUT2D eigenvalue weighted by atomic mass is 10.2. The van der Waals surface area contributed by atoms with E-state index in [-0.39, 0.29) is 5.75 Å². The van der Waals surface area contributed by atoms with Crippen LogP contribution in [-0.4, -0.2) is 71.7 Å². The van der Waals surface area contributed by atoms with Crippen molar-refractivity contribution in [2.45, 2.75) is 13.5 Å². The summed E-state index contributed by atoms with van der Waals surface area (Å²) in [5.74, 6) is -3.46. The van der Waals surface area contributed by atoms with Crippen molar-refractivity contribution in [3.8, 4) is 0 Å². The molecule has 1 saturated heterocycles. The molecule has 1 aliphatic heterocycles. The van der Waals surface area contributed by atoms with Gasteiger partial charge in [0.25, 0.3) is 0 Å². The molecule has 0 aliphatic carbocycles. The van der Waals surface area contributed by atoms with E-state index >= 15 is 0 Å². The van der Waals surface area contributed by atoms with Gasteiger partial charge in [0.15, 0.2) is 0 Å². The van der Waals surface area contributed by atoms with Gasteiger partial charge in [0, 0.05) is 37.2 Å². The van der Waals surface area contributed by atoms with Crippen LogP contribution >= 0.6 is 15.9 Å². The van der Waals surface area contributed by atoms with Crippen LogP contribution in [0, 0.1) is 0 Å². The molecule has 0 saturated carbocycles. The number of nitrogens with zero attached hydrogens (tertiary/aromatic N) is 2. The third-order valence-electron chi connectivity index (χ3n) is 3.57. The van der Waals surface area contributed by atoms with Gasteiger partial charge in [-0.3, -0.25) is 4.90 Å². The molecule has 1 aliphatic rings. The van der Waals surface area contributed by atoms with Crippen molar-refractivity contribution >= 4 is 37.9 Å². The highest BCUT2D eigenvalue weighted by atomic mass is 79.9. The molecule has 1 aromatic rings. The van der Waals surface area contributed by atoms with Crippen LogP contribution in [0.15, 0.2) is 28.7 Å². The normalized spacial score (nSPS) is 15.9. The highest BCUT2D eigenvalue weighted by molar-refractivity contribution is 9.10. The number of aliphatic carboxylic acids is 2. The van der Waals surface area contributed by atoms with Gasteiger partial charge < -0.3 is 10.2 Å². The lowest BCUT2D eigenvalue weighted by Gasteiger charge is -2.33. The Labute approximate surface area is 155 Å². The highest BCUT2D eigenvalue weighted by Crippen LogP contribution is 2.15. The van der Waals surface area contributed by atoms with Gasteiger partial charge in [-0.15, -0.1) is 0 Å². The predicted molar refractivity (Wildman–Crippen MR) is 95.7 cm³/mol. The zero-order valence-electron chi connectivity index (χ0n) is 13.8. The third kappa shape index (κ3) is 7.51. The zero-order valence-corrected chi connectivity index (χ0v) is 16.2. The van der Waals surface area contributed by atoms with Crippen molar-refractivity contribution in [1.82, 2.24) is 9.21 Å². The predicted octanol–water partition coefficient (Wildman–Crippen LogP) is 1.07. The van der Waals surface area contributed by atoms with E-state index in [9.17, 15) is 8.42 Å². The van der Waals surface area contributed by atoms with Gasteiger partial charge in [-0.2, -0.15) is 4.31 Å². The van der Waals surface area contributed by atoms with Crippen molar-refractivity contribution in [1.29, 1.82) is 0 Å². The molecule has 0 spiro atoms. The maximum absolute atomic E-state index is 11.8. The maximum atomic E-state index is 11.8. The molecule has 1 fully saturated rings. The first kappa shape index (κ1) is 21.6. The average Bonchev–Trinajstić information content (AvgIpc) is 2.56. The van der Waals surface area contributed by atoms with E-state index in [2.05, 4.69) is 33.0 Å². The lowest BCUT2D eigenvalue weighted by Crippen LogP contribution is -2.48. The molecular formula is C15H21BrN2O6S. The Morgan fingerprint density at radius 2 is 1.68 bits per heavy atom. The molecule has 10 heteroatoms. The smallest absolute Gasteiger partial charge is 0.414 e. The fraction of sp³-hybridized carbons (Fsp3) is 0.467. The number of halogens is 1. The van der Waals surface area contributed by atoms with Crippen molar-refractivity contribution in [3.63, 3.8) is 0 Å². The SMILES string of the molecule is CCS(=O)(=O)N1CCN(Cc2cccc(Br)c2)CC1.O=C(O)C(=O)O. The van der Waals surface area contributed by atoms with Gasteiger partial charge in [0.2, 0.25) is 10.0 Å². The van der Waals surface area contributed by atoms with E-state index in [0.29, 0.717) is 13.1 Å². The number of sulfonamides is 1. The summed E-state index contributed by atoms with van der Waals surface area (Å²) < 4.78 is 26.2. The van der Waals surface area contributed by atoms with E-state index in [1.54, 1.807) is 11.2 Å². The van der Waals surface area contributed by atoms with Crippen LogP contribution in [0.2, 0.25) is 0 Å². The first-order chi connectivity index (χ1) is 11.7. The number of carbonyl (C=O) groups is 2. The Hall–Kier alpha value is -1.49. The highest BCUT2D eigenvalue weighted by Gasteiger charge is 2.25. The van der Waals surface area contributed by atoms with Gasteiger partial charge >= 0.3 is 11.9 Å². The van der Waals surface area contributed by atoms with E-state index in [1.165, 1.54) is 5.56 Å². The van der Waals surface area contributed by atoms with Gasteiger partial charge in [-0.25, -0.2) is 18.0 Å². The van der Waals surface area contributed by atoms with Crippen LogP contribution in [0.5, 0.6) is 0 Å². The zero-order chi connectivity index (χ0) is 19.0. The quantitative estimate of drug-likeness (QED) is 0.678. The number of carboxylic acids is 2. The molecule has 0 bridgehead atoms. The van der Waals surface area contributed by atoms with Crippen molar-refractivity contribution in [2.24, 2.45) is 0 Å². The monoisotopic (exact) mass is 436 g/mol. The van der Waals surface area contributed by atoms with E-state index < -0.39 is 22.0 Å². The molecule has 1 aromatic carbocycles. The Morgan fingerprint density at radius 1 is 1.12 bits per heavy atom. The van der Waals surface area contributed by atoms with Gasteiger partial charge in [-0.05, 0) is 24.6 Å². The number of rotatable bonds is 4. The Kier molecular flexibility index (Phi) is 8.50. The fourth-order valence-electron chi connectivity index (χ4n) is 2.24. The maximum Gasteiger partial charge on any atom is 0.414 e. The minimum atomic E-state index is -3.03. The minimum absolute atomic E-state index is 0.193. The van der Waals surface area contributed by atoms with Crippen molar-refractivity contribution < 1.29 is 28.2 Å². The summed E-state index contributed by atoms with van der Waals surface area (Å²) in [6.45, 7) is 5.37. The Bertz CT molecular complexity index is 690. The molecule has 25 heavy (non-hydrogen) atoms. The van der Waals surface area contributed by atoms with Gasteiger partial charge in [0.1, 0.15) is 0 Å². The Morgan fingerprint density at radius 3 is 2.12 bits per heavy atom. The summed E-state index contributed by atoms with van der Waals surface area (Å²) in [4.78, 5) is 20.5. The molecule has 0 atom stereocenters. The van der Waals surface area contributed by atoms with E-state index in [4.69, 9.17) is 19.8 Å². The van der Waals surface area contributed by atoms with Crippen LogP contribution in [-0.2, 0) is 26.2 Å². The van der Waals surface area contributed by atoms with Crippen LogP contribution < -0.4 is 0 Å². The second kappa shape index (κ2) is 9.85. The van der Waals surface area contributed by atoms with E-state index in [0.717, 1.165) is 24.1 Å². The number of benzene rings is 1. The molecule has 0 aromatic heterocycles. The molecule has 0 unspecified atom stereocenters. The molecule has 2 N–H and O–H groups in total. The summed E-state index contributed by atoms with van der Waals surface area (Å²) in [5.41, 5.74) is 1.25. The number of carboxylic acid groups (broad SMARTS) is 2. The molecular weight excluding hydrogens is 416 g/mol. The van der Waals surface area contributed by atoms with Crippen molar-refractivity contribution in [2.75, 3.05) is 31.9 Å². The summed E-state index contributed by atoms with van der Waals surface area (Å²) in [7, 11) is -3.03. The topological polar surface area (TPSA) is 115 Å².